The highest BCUT2D eigenvalue weighted by atomic mass is 16.1. The van der Waals surface area contributed by atoms with Crippen molar-refractivity contribution in [2.75, 3.05) is 127 Å². The molecule has 16 aromatic heterocycles. The largest absolute Gasteiger partial charge is 0.369 e. The fourth-order valence-corrected chi connectivity index (χ4v) is 18.5. The number of hydrogen-bond acceptors (Lipinski definition) is 21. The van der Waals surface area contributed by atoms with E-state index >= 15 is 0 Å². The summed E-state index contributed by atoms with van der Waals surface area (Å²) in [7, 11) is 12.7. The Morgan fingerprint density at radius 3 is 1.15 bits per heavy atom. The zero-order valence-corrected chi connectivity index (χ0v) is 72.9. The maximum Gasteiger partial charge on any atom is 0.258 e. The number of imidazole rings is 3. The number of anilines is 4. The first-order chi connectivity index (χ1) is 59.2. The van der Waals surface area contributed by atoms with Crippen LogP contribution in [-0.4, -0.2) is 232 Å². The molecule has 21 heterocycles. The summed E-state index contributed by atoms with van der Waals surface area (Å²) in [6, 6.07) is 31.0. The highest BCUT2D eigenvalue weighted by Gasteiger charge is 2.32. The van der Waals surface area contributed by atoms with Crippen LogP contribution in [0.2, 0.25) is 0 Å². The number of rotatable bonds is 12. The molecule has 0 unspecified atom stereocenters. The molecule has 5 saturated heterocycles. The molecule has 4 atom stereocenters. The van der Waals surface area contributed by atoms with E-state index in [1.165, 1.54) is 19.4 Å². The Kier molecular flexibility index (Phi) is 21.7. The molecule has 0 amide bonds. The number of likely N-dealkylation sites (N-methyl/N-ethyl adjacent to an activating group) is 3. The predicted molar refractivity (Wildman–Crippen MR) is 487 cm³/mol. The lowest BCUT2D eigenvalue weighted by Gasteiger charge is -2.38. The number of hydrogen-bond donors (Lipinski definition) is 0. The molecule has 0 radical (unpaired) electrons. The highest BCUT2D eigenvalue weighted by Crippen LogP contribution is 2.33. The third-order valence-electron chi connectivity index (χ3n) is 25.3. The molecule has 0 saturated carbocycles. The van der Waals surface area contributed by atoms with Crippen LogP contribution in [0.3, 0.4) is 0 Å². The second-order valence-electron chi connectivity index (χ2n) is 34.8. The summed E-state index contributed by atoms with van der Waals surface area (Å²) < 4.78 is 14.5. The van der Waals surface area contributed by atoms with E-state index in [9.17, 15) is 19.2 Å². The normalized spacial score (nSPS) is 17.5. The van der Waals surface area contributed by atoms with Crippen LogP contribution in [0.5, 0.6) is 0 Å². The summed E-state index contributed by atoms with van der Waals surface area (Å²) in [4.78, 5) is 108. The third kappa shape index (κ3) is 16.2. The molecule has 0 spiro atoms. The van der Waals surface area contributed by atoms with Gasteiger partial charge in [0, 0.05) is 186 Å². The molecule has 5 aliphatic heterocycles. The average molecular weight is 1650 g/mol. The first-order valence-electron chi connectivity index (χ1n) is 42.8. The summed E-state index contributed by atoms with van der Waals surface area (Å²) in [5.74, 6) is 0. The quantitative estimate of drug-likeness (QED) is 0.110. The fourth-order valence-electron chi connectivity index (χ4n) is 18.5. The third-order valence-corrected chi connectivity index (χ3v) is 25.3. The molecule has 0 aromatic carbocycles. The predicted octanol–water partition coefficient (Wildman–Crippen LogP) is 11.2. The first kappa shape index (κ1) is 81.2. The molecule has 5 aliphatic rings. The number of aromatic nitrogens is 17. The maximum absolute atomic E-state index is 13.1. The van der Waals surface area contributed by atoms with E-state index in [1.54, 1.807) is 41.9 Å². The second kappa shape index (κ2) is 32.9. The Bertz CT molecular complexity index is 6860. The summed E-state index contributed by atoms with van der Waals surface area (Å²) in [5.41, 5.74) is 25.4. The molecule has 123 heavy (non-hydrogen) atoms. The van der Waals surface area contributed by atoms with Gasteiger partial charge in [-0.25, -0.2) is 39.4 Å². The Labute approximate surface area is 712 Å². The van der Waals surface area contributed by atoms with E-state index in [0.29, 0.717) is 75.2 Å². The minimum atomic E-state index is -0.0969. The van der Waals surface area contributed by atoms with E-state index in [4.69, 9.17) is 19.9 Å². The van der Waals surface area contributed by atoms with E-state index in [2.05, 4.69) is 144 Å². The minimum absolute atomic E-state index is 0.0547. The zero-order chi connectivity index (χ0) is 85.7. The monoisotopic (exact) mass is 1650 g/mol. The Balaban J connectivity index is 0.000000112. The molecule has 0 bridgehead atoms. The van der Waals surface area contributed by atoms with Crippen LogP contribution in [0, 0.1) is 55.4 Å². The maximum atomic E-state index is 13.1. The topological polar surface area (TPSA) is 245 Å². The molecule has 21 rings (SSSR count). The number of aryl methyl sites for hydroxylation is 9. The van der Waals surface area contributed by atoms with Gasteiger partial charge >= 0.3 is 0 Å². The van der Waals surface area contributed by atoms with Crippen molar-refractivity contribution in [3.63, 3.8) is 0 Å². The molecule has 5 fully saturated rings. The molecule has 0 N–H and O–H groups in total. The van der Waals surface area contributed by atoms with E-state index in [0.717, 1.165) is 197 Å². The van der Waals surface area contributed by atoms with Gasteiger partial charge in [-0.15, -0.1) is 0 Å². The van der Waals surface area contributed by atoms with Crippen molar-refractivity contribution in [1.29, 1.82) is 0 Å². The number of nitrogens with zero attached hydrogens (tertiary/aromatic N) is 25. The van der Waals surface area contributed by atoms with Crippen LogP contribution in [0.1, 0.15) is 89.8 Å². The summed E-state index contributed by atoms with van der Waals surface area (Å²) in [5, 5.41) is 4.69. The Hall–Kier alpha value is -12.8. The van der Waals surface area contributed by atoms with Gasteiger partial charge in [0.15, 0.2) is 0 Å². The molecule has 16 aromatic rings. The number of fused-ring (bicyclic) bond motifs is 9. The van der Waals surface area contributed by atoms with E-state index in [1.807, 2.05) is 178 Å². The van der Waals surface area contributed by atoms with Gasteiger partial charge in [-0.3, -0.25) is 46.7 Å². The molecule has 29 heteroatoms. The average Bonchev–Trinajstić information content (AvgIpc) is 1.76. The molecule has 632 valence electrons. The van der Waals surface area contributed by atoms with Crippen molar-refractivity contribution in [2.24, 2.45) is 0 Å². The van der Waals surface area contributed by atoms with Crippen molar-refractivity contribution in [3.05, 3.63) is 251 Å². The van der Waals surface area contributed by atoms with Gasteiger partial charge in [0.05, 0.1) is 85.7 Å². The molecular weight excluding hydrogens is 1540 g/mol. The van der Waals surface area contributed by atoms with Crippen molar-refractivity contribution in [2.45, 2.75) is 125 Å². The van der Waals surface area contributed by atoms with Crippen LogP contribution in [0.15, 0.2) is 178 Å². The van der Waals surface area contributed by atoms with Gasteiger partial charge in [-0.2, -0.15) is 5.10 Å². The van der Waals surface area contributed by atoms with Crippen LogP contribution < -0.4 is 41.8 Å². The fraction of sp³-hybridized carbons (Fsp3) is 0.372. The van der Waals surface area contributed by atoms with Crippen molar-refractivity contribution in [3.8, 4) is 45.2 Å². The lowest BCUT2D eigenvalue weighted by molar-refractivity contribution is 0.231. The van der Waals surface area contributed by atoms with Crippen LogP contribution >= 0.6 is 0 Å². The van der Waals surface area contributed by atoms with Crippen LogP contribution in [-0.2, 0) is 6.42 Å². The highest BCUT2D eigenvalue weighted by molar-refractivity contribution is 5.72. The second-order valence-corrected chi connectivity index (χ2v) is 34.8. The summed E-state index contributed by atoms with van der Waals surface area (Å²) in [6.07, 6.45) is 28.3. The summed E-state index contributed by atoms with van der Waals surface area (Å²) >= 11 is 0. The standard InChI is InChI=1S/C24H29N7O.C24H26N6O.2C23H26N6O/c1-6-19-22-10-21(27-31(22)12-16(3)25-19)20-11-23(32)30-14-18(9-15(2)24(30)26-20)29-8-7-17(13-29)28(4)5;1-16-10-18(13-29-12-17(2)25-24(16)29)21-11-23(31)30-15-20(5-6-22(30)26-21)28-9-8-27-7-3-4-19(27)14-28;2*1-15-9-17(12-28-11-16(2)24-23(15)28)20-10-22(30)29-14-19(5-6-21(29)25-20)27-8-7-18(13-27)26(3)4/h9-12,14,17H,6-8,13H2,1-5H3;5-6,10-13,15,19H,3-4,7-9,14H2,1-2H3;2*5-6,9-12,14,18H,7-8,13H2,1-4H3/t17-;19-;2*18-/m1010/s1. The lowest BCUT2D eigenvalue weighted by Crippen LogP contribution is -2.50. The van der Waals surface area contributed by atoms with Crippen molar-refractivity contribution >= 4 is 67.8 Å². The molecule has 0 aliphatic carbocycles. The van der Waals surface area contributed by atoms with Gasteiger partial charge in [-0.1, -0.05) is 6.92 Å². The number of pyridine rings is 7. The molecule has 29 nitrogen and oxygen atoms in total. The Morgan fingerprint density at radius 2 is 0.732 bits per heavy atom. The van der Waals surface area contributed by atoms with E-state index in [-0.39, 0.29) is 22.2 Å². The SMILES string of the molecule is CCc1nc(C)cn2nc(-c3cc(=O)n4cc(N5CC[C@@H](N(C)C)C5)cc(C)c4n3)cc12.Cc1cn2cc(-c3cc(=O)n4cc(N5CCN6CCC[C@H]6C5)ccc4n3)cc(C)c2n1.Cc1cn2cc(-c3cc(=O)n4cc(N5CC[C@@H](N(C)C)C5)ccc4n3)cc(C)c2n1.Cc1cn2cc(-c3cc(=O)n4cc(N5CC[C@H](N(C)C)C5)ccc4n3)cc(C)c2n1. The van der Waals surface area contributed by atoms with Gasteiger partial charge in [0.2, 0.25) is 0 Å². The van der Waals surface area contributed by atoms with Gasteiger partial charge in [0.1, 0.15) is 45.2 Å². The summed E-state index contributed by atoms with van der Waals surface area (Å²) in [6.45, 7) is 28.4. The van der Waals surface area contributed by atoms with Crippen molar-refractivity contribution in [1.82, 2.24) is 99.9 Å². The minimum Gasteiger partial charge on any atom is -0.369 e. The lowest BCUT2D eigenvalue weighted by atomic mass is 10.1. The van der Waals surface area contributed by atoms with Gasteiger partial charge in [0.25, 0.3) is 22.2 Å². The van der Waals surface area contributed by atoms with Gasteiger partial charge in [-0.05, 0) is 232 Å². The van der Waals surface area contributed by atoms with E-state index < -0.39 is 0 Å². The Morgan fingerprint density at radius 1 is 0.341 bits per heavy atom. The zero-order valence-electron chi connectivity index (χ0n) is 72.9. The first-order valence-corrected chi connectivity index (χ1v) is 42.8. The molecular formula is C94H107N25O4. The van der Waals surface area contributed by atoms with Gasteiger partial charge < -0.3 is 47.5 Å². The number of piperazine rings is 1. The van der Waals surface area contributed by atoms with Crippen LogP contribution in [0.25, 0.3) is 90.2 Å². The van der Waals surface area contributed by atoms with Crippen LogP contribution in [0.4, 0.5) is 22.7 Å². The smallest absolute Gasteiger partial charge is 0.258 e. The van der Waals surface area contributed by atoms with Crippen molar-refractivity contribution < 1.29 is 0 Å².